The Hall–Kier alpha value is -1.32. The lowest BCUT2D eigenvalue weighted by atomic mass is 9.30. The Labute approximate surface area is 206 Å². The van der Waals surface area contributed by atoms with Gasteiger partial charge < -0.3 is 10.2 Å². The summed E-state index contributed by atoms with van der Waals surface area (Å²) < 4.78 is 0. The van der Waals surface area contributed by atoms with Crippen molar-refractivity contribution in [2.75, 3.05) is 0 Å². The van der Waals surface area contributed by atoms with Crippen LogP contribution in [0.3, 0.4) is 0 Å². The number of fused-ring (bicyclic) bond motifs is 7. The van der Waals surface area contributed by atoms with Crippen LogP contribution in [0.5, 0.6) is 0 Å². The first-order valence-corrected chi connectivity index (χ1v) is 13.7. The smallest absolute Gasteiger partial charge is 0.309 e. The van der Waals surface area contributed by atoms with Crippen molar-refractivity contribution in [3.8, 4) is 0 Å². The van der Waals surface area contributed by atoms with Crippen molar-refractivity contribution in [3.63, 3.8) is 0 Å². The lowest BCUT2D eigenvalue weighted by Crippen LogP contribution is -2.67. The maximum absolute atomic E-state index is 12.8. The van der Waals surface area contributed by atoms with Crippen LogP contribution < -0.4 is 0 Å². The van der Waals surface area contributed by atoms with Crippen molar-refractivity contribution < 1.29 is 19.8 Å². The fourth-order valence-electron chi connectivity index (χ4n) is 10.8. The summed E-state index contributed by atoms with van der Waals surface area (Å²) in [5.41, 5.74) is 0.732. The standard InChI is InChI=1S/C30H46O4/c1-18-23(32)19(31)16-21-27(18,4)9-8-20-28(21,5)13-15-30(7)22-17-26(3,24(33)34)11-10-25(22,2)12-14-29(20,30)6/h20-22,32H,8-17H2,1-7H3,(H,33,34). The van der Waals surface area contributed by atoms with Gasteiger partial charge in [-0.15, -0.1) is 0 Å². The first-order valence-electron chi connectivity index (χ1n) is 13.7. The number of carbonyl (C=O) groups is 2. The fourth-order valence-corrected chi connectivity index (χ4v) is 10.8. The van der Waals surface area contributed by atoms with E-state index in [1.807, 2.05) is 13.8 Å². The number of aliphatic hydroxyl groups excluding tert-OH is 1. The molecule has 34 heavy (non-hydrogen) atoms. The molecular weight excluding hydrogens is 424 g/mol. The molecule has 4 saturated carbocycles. The second-order valence-corrected chi connectivity index (χ2v) is 14.8. The van der Waals surface area contributed by atoms with Gasteiger partial charge in [0.25, 0.3) is 0 Å². The molecule has 0 bridgehead atoms. The predicted octanol–water partition coefficient (Wildman–Crippen LogP) is 7.33. The van der Waals surface area contributed by atoms with E-state index in [2.05, 4.69) is 34.6 Å². The summed E-state index contributed by atoms with van der Waals surface area (Å²) in [6.07, 6.45) is 9.85. The predicted molar refractivity (Wildman–Crippen MR) is 133 cm³/mol. The number of hydrogen-bond donors (Lipinski definition) is 2. The Balaban J connectivity index is 1.57. The summed E-state index contributed by atoms with van der Waals surface area (Å²) in [5.74, 6) is 0.553. The molecule has 9 atom stereocenters. The van der Waals surface area contributed by atoms with E-state index in [9.17, 15) is 19.8 Å². The van der Waals surface area contributed by atoms with E-state index in [-0.39, 0.29) is 44.5 Å². The molecule has 4 heteroatoms. The molecule has 5 aliphatic rings. The maximum atomic E-state index is 12.8. The third kappa shape index (κ3) is 2.72. The first kappa shape index (κ1) is 24.4. The highest BCUT2D eigenvalue weighted by molar-refractivity contribution is 5.95. The highest BCUT2D eigenvalue weighted by Gasteiger charge is 2.71. The monoisotopic (exact) mass is 470 g/mol. The summed E-state index contributed by atoms with van der Waals surface area (Å²) in [5, 5.41) is 20.7. The minimum Gasteiger partial charge on any atom is -0.504 e. The number of carboxylic acids is 1. The van der Waals surface area contributed by atoms with Crippen LogP contribution in [0.2, 0.25) is 0 Å². The van der Waals surface area contributed by atoms with Gasteiger partial charge in [-0.05, 0) is 122 Å². The van der Waals surface area contributed by atoms with Gasteiger partial charge in [0.1, 0.15) is 0 Å². The summed E-state index contributed by atoms with van der Waals surface area (Å²) in [4.78, 5) is 25.1. The molecular formula is C30H46O4. The second-order valence-electron chi connectivity index (χ2n) is 14.8. The third-order valence-electron chi connectivity index (χ3n) is 13.7. The maximum Gasteiger partial charge on any atom is 0.309 e. The van der Waals surface area contributed by atoms with E-state index in [4.69, 9.17) is 0 Å². The van der Waals surface area contributed by atoms with Crippen LogP contribution in [-0.2, 0) is 9.59 Å². The molecule has 0 amide bonds. The number of carboxylic acid groups (broad SMARTS) is 1. The molecule has 190 valence electrons. The van der Waals surface area contributed by atoms with Crippen LogP contribution in [-0.4, -0.2) is 22.0 Å². The van der Waals surface area contributed by atoms with Gasteiger partial charge >= 0.3 is 5.97 Å². The Morgan fingerprint density at radius 1 is 0.824 bits per heavy atom. The number of Topliss-reactive ketones (excluding diaryl/α,β-unsaturated/α-hetero) is 1. The number of carbonyl (C=O) groups excluding carboxylic acids is 1. The molecule has 4 fully saturated rings. The van der Waals surface area contributed by atoms with Gasteiger partial charge in [0.2, 0.25) is 0 Å². The van der Waals surface area contributed by atoms with E-state index in [1.165, 1.54) is 12.8 Å². The number of rotatable bonds is 1. The van der Waals surface area contributed by atoms with Crippen LogP contribution in [0.25, 0.3) is 0 Å². The van der Waals surface area contributed by atoms with E-state index >= 15 is 0 Å². The van der Waals surface area contributed by atoms with Crippen LogP contribution in [0, 0.1) is 50.2 Å². The average Bonchev–Trinajstić information content (AvgIpc) is 2.77. The number of hydrogen-bond acceptors (Lipinski definition) is 3. The minimum absolute atomic E-state index is 0.0243. The van der Waals surface area contributed by atoms with Gasteiger partial charge in [-0.2, -0.15) is 0 Å². The van der Waals surface area contributed by atoms with E-state index in [0.717, 1.165) is 50.5 Å². The molecule has 5 aliphatic carbocycles. The van der Waals surface area contributed by atoms with E-state index < -0.39 is 11.4 Å². The van der Waals surface area contributed by atoms with Gasteiger partial charge in [0, 0.05) is 6.42 Å². The quantitative estimate of drug-likeness (QED) is 0.421. The molecule has 0 aliphatic heterocycles. The zero-order chi connectivity index (χ0) is 25.1. The van der Waals surface area contributed by atoms with E-state index in [0.29, 0.717) is 18.3 Å². The van der Waals surface area contributed by atoms with Crippen molar-refractivity contribution in [3.05, 3.63) is 11.3 Å². The number of ketones is 1. The topological polar surface area (TPSA) is 74.6 Å². The molecule has 0 heterocycles. The average molecular weight is 471 g/mol. The molecule has 0 aromatic carbocycles. The minimum atomic E-state index is -0.623. The van der Waals surface area contributed by atoms with Crippen molar-refractivity contribution in [1.29, 1.82) is 0 Å². The van der Waals surface area contributed by atoms with Gasteiger partial charge in [0.05, 0.1) is 5.41 Å². The normalized spacial score (nSPS) is 55.0. The van der Waals surface area contributed by atoms with Gasteiger partial charge in [-0.1, -0.05) is 34.6 Å². The summed E-state index contributed by atoms with van der Waals surface area (Å²) in [6, 6.07) is 0. The van der Waals surface area contributed by atoms with Crippen molar-refractivity contribution >= 4 is 11.8 Å². The fraction of sp³-hybridized carbons (Fsp3) is 0.867. The molecule has 9 unspecified atom stereocenters. The highest BCUT2D eigenvalue weighted by Crippen LogP contribution is 2.78. The number of aliphatic hydroxyl groups is 1. The van der Waals surface area contributed by atoms with Gasteiger partial charge in [-0.25, -0.2) is 0 Å². The highest BCUT2D eigenvalue weighted by atomic mass is 16.4. The first-order chi connectivity index (χ1) is 15.6. The molecule has 2 N–H and O–H groups in total. The molecule has 0 spiro atoms. The summed E-state index contributed by atoms with van der Waals surface area (Å²) in [7, 11) is 0. The Kier molecular flexibility index (Phi) is 4.96. The molecule has 4 nitrogen and oxygen atoms in total. The Morgan fingerprint density at radius 2 is 1.41 bits per heavy atom. The Bertz CT molecular complexity index is 982. The summed E-state index contributed by atoms with van der Waals surface area (Å²) in [6.45, 7) is 16.2. The van der Waals surface area contributed by atoms with Crippen LogP contribution in [0.4, 0.5) is 0 Å². The van der Waals surface area contributed by atoms with E-state index in [1.54, 1.807) is 0 Å². The van der Waals surface area contributed by atoms with Crippen molar-refractivity contribution in [1.82, 2.24) is 0 Å². The van der Waals surface area contributed by atoms with Gasteiger partial charge in [-0.3, -0.25) is 9.59 Å². The van der Waals surface area contributed by atoms with Crippen molar-refractivity contribution in [2.24, 2.45) is 50.2 Å². The van der Waals surface area contributed by atoms with Gasteiger partial charge in [0.15, 0.2) is 11.5 Å². The van der Waals surface area contributed by atoms with Crippen molar-refractivity contribution in [2.45, 2.75) is 113 Å². The molecule has 0 radical (unpaired) electrons. The summed E-state index contributed by atoms with van der Waals surface area (Å²) >= 11 is 0. The van der Waals surface area contributed by atoms with Crippen LogP contribution in [0.15, 0.2) is 11.3 Å². The van der Waals surface area contributed by atoms with Crippen LogP contribution >= 0.6 is 0 Å². The van der Waals surface area contributed by atoms with Crippen LogP contribution in [0.1, 0.15) is 113 Å². The zero-order valence-corrected chi connectivity index (χ0v) is 22.5. The second kappa shape index (κ2) is 6.91. The lowest BCUT2D eigenvalue weighted by molar-refractivity contribution is -0.249. The lowest BCUT2D eigenvalue weighted by Gasteiger charge is -2.74. The number of aliphatic carboxylic acids is 1. The molecule has 0 aromatic heterocycles. The Morgan fingerprint density at radius 3 is 2.06 bits per heavy atom. The third-order valence-corrected chi connectivity index (χ3v) is 13.7. The zero-order valence-electron chi connectivity index (χ0n) is 22.5. The molecule has 0 aromatic rings. The SMILES string of the molecule is CC1=C(O)C(=O)CC2C1(C)CCC1C2(C)CCC2(C)C3CC(C)(C(=O)O)CCC3(C)CCC12C. The largest absolute Gasteiger partial charge is 0.504 e. The molecule has 0 saturated heterocycles. The number of allylic oxidation sites excluding steroid dienone is 2. The molecule has 5 rings (SSSR count).